The van der Waals surface area contributed by atoms with Crippen LogP contribution in [0.25, 0.3) is 0 Å². The van der Waals surface area contributed by atoms with E-state index in [0.717, 1.165) is 12.2 Å². The van der Waals surface area contributed by atoms with Gasteiger partial charge in [-0.3, -0.25) is 10.2 Å². The number of amidine groups is 1. The van der Waals surface area contributed by atoms with E-state index in [0.29, 0.717) is 0 Å². The van der Waals surface area contributed by atoms with Crippen molar-refractivity contribution in [1.29, 1.82) is 5.41 Å². The fraction of sp³-hybridized carbons (Fsp3) is 0.385. The summed E-state index contributed by atoms with van der Waals surface area (Å²) >= 11 is 0. The first-order valence-corrected chi connectivity index (χ1v) is 6.06. The van der Waals surface area contributed by atoms with Crippen LogP contribution >= 0.6 is 0 Å². The number of carboxylic acid groups (broad SMARTS) is 1. The van der Waals surface area contributed by atoms with Gasteiger partial charge in [-0.2, -0.15) is 0 Å². The average molecular weight is 280 g/mol. The summed E-state index contributed by atoms with van der Waals surface area (Å²) in [4.78, 5) is 9.91. The molecule has 0 amide bonds. The number of hydrogen-bond acceptors (Lipinski definition) is 4. The second-order valence-corrected chi connectivity index (χ2v) is 3.76. The Kier molecular flexibility index (Phi) is 9.20. The van der Waals surface area contributed by atoms with E-state index in [1.807, 2.05) is 12.1 Å². The van der Waals surface area contributed by atoms with E-state index >= 15 is 0 Å². The number of aliphatic carboxylic acids is 1. The van der Waals surface area contributed by atoms with Crippen molar-refractivity contribution in [3.8, 4) is 5.75 Å². The number of carboxylic acids is 1. The predicted molar refractivity (Wildman–Crippen MR) is 76.0 cm³/mol. The van der Waals surface area contributed by atoms with Crippen molar-refractivity contribution in [3.05, 3.63) is 29.8 Å². The third kappa shape index (κ3) is 8.62. The van der Waals surface area contributed by atoms with Crippen LogP contribution in [0.2, 0.25) is 0 Å². The summed E-state index contributed by atoms with van der Waals surface area (Å²) < 4.78 is 5.01. The standard InChI is InChI=1S/C9H12O.C4H8N4O2/c1-3-8-4-6-9(10-2)7-5-8;5-3(7-8-6)1-2-4(9)10/h4-7H,3H2,1-2H3;1-2H2,(H,9,10)(H3,5,6,7). The summed E-state index contributed by atoms with van der Waals surface area (Å²) in [5.41, 5.74) is 1.35. The van der Waals surface area contributed by atoms with Crippen molar-refractivity contribution in [2.45, 2.75) is 26.2 Å². The Hall–Kier alpha value is -2.44. The molecule has 0 aliphatic heterocycles. The summed E-state index contributed by atoms with van der Waals surface area (Å²) in [6.45, 7) is 2.14. The average Bonchev–Trinajstić information content (AvgIpc) is 2.46. The molecule has 0 aliphatic rings. The number of methoxy groups -OCH3 is 1. The number of ether oxygens (including phenoxy) is 1. The molecule has 0 aliphatic carbocycles. The molecule has 0 saturated carbocycles. The van der Waals surface area contributed by atoms with Crippen LogP contribution in [0.4, 0.5) is 0 Å². The smallest absolute Gasteiger partial charge is 0.303 e. The third-order valence-electron chi connectivity index (χ3n) is 2.32. The lowest BCUT2D eigenvalue weighted by Crippen LogP contribution is -1.99. The zero-order valence-corrected chi connectivity index (χ0v) is 11.7. The molecule has 0 heterocycles. The number of nitrogens with two attached hydrogens (primary N) is 1. The minimum Gasteiger partial charge on any atom is -0.497 e. The topological polar surface area (TPSA) is 121 Å². The molecule has 0 spiro atoms. The predicted octanol–water partition coefficient (Wildman–Crippen LogP) is 2.41. The molecule has 110 valence electrons. The van der Waals surface area contributed by atoms with Gasteiger partial charge in [0.2, 0.25) is 0 Å². The van der Waals surface area contributed by atoms with Crippen LogP contribution in [0.5, 0.6) is 5.75 Å². The molecule has 20 heavy (non-hydrogen) atoms. The normalized spacial score (nSPS) is 9.70. The van der Waals surface area contributed by atoms with Crippen molar-refractivity contribution in [3.63, 3.8) is 0 Å². The molecule has 0 atom stereocenters. The van der Waals surface area contributed by atoms with Crippen molar-refractivity contribution in [2.75, 3.05) is 7.11 Å². The Morgan fingerprint density at radius 1 is 1.35 bits per heavy atom. The Morgan fingerprint density at radius 2 is 1.95 bits per heavy atom. The van der Waals surface area contributed by atoms with E-state index in [1.54, 1.807) is 7.11 Å². The second-order valence-electron chi connectivity index (χ2n) is 3.76. The van der Waals surface area contributed by atoms with E-state index in [2.05, 4.69) is 35.2 Å². The molecule has 7 nitrogen and oxygen atoms in total. The van der Waals surface area contributed by atoms with Gasteiger partial charge < -0.3 is 15.7 Å². The zero-order valence-electron chi connectivity index (χ0n) is 11.7. The lowest BCUT2D eigenvalue weighted by Gasteiger charge is -1.99. The number of hydrogen-bond donors (Lipinski definition) is 3. The van der Waals surface area contributed by atoms with E-state index in [4.69, 9.17) is 15.3 Å². The molecule has 0 saturated heterocycles. The molecule has 1 aromatic rings. The maximum absolute atomic E-state index is 9.91. The molecular formula is C13H20N4O3. The van der Waals surface area contributed by atoms with Gasteiger partial charge in [0.05, 0.1) is 13.5 Å². The van der Waals surface area contributed by atoms with Crippen LogP contribution in [-0.2, 0) is 11.2 Å². The Balaban J connectivity index is 0.000000361. The van der Waals surface area contributed by atoms with Crippen LogP contribution in [0, 0.1) is 5.41 Å². The van der Waals surface area contributed by atoms with Gasteiger partial charge in [-0.25, -0.2) is 0 Å². The number of carbonyl (C=O) groups is 1. The van der Waals surface area contributed by atoms with Gasteiger partial charge in [0, 0.05) is 6.42 Å². The van der Waals surface area contributed by atoms with E-state index < -0.39 is 5.97 Å². The maximum atomic E-state index is 9.91. The third-order valence-corrected chi connectivity index (χ3v) is 2.32. The lowest BCUT2D eigenvalue weighted by molar-refractivity contribution is -0.136. The first-order valence-electron chi connectivity index (χ1n) is 6.06. The molecule has 0 fully saturated rings. The number of benzene rings is 1. The van der Waals surface area contributed by atoms with Crippen LogP contribution in [0.15, 0.2) is 34.6 Å². The van der Waals surface area contributed by atoms with Gasteiger partial charge in [-0.1, -0.05) is 24.3 Å². The highest BCUT2D eigenvalue weighted by molar-refractivity contribution is 5.82. The first kappa shape index (κ1) is 17.6. The summed E-state index contributed by atoms with van der Waals surface area (Å²) in [5, 5.41) is 20.9. The Morgan fingerprint density at radius 3 is 2.35 bits per heavy atom. The van der Waals surface area contributed by atoms with Gasteiger partial charge in [-0.05, 0) is 24.1 Å². The van der Waals surface area contributed by atoms with Gasteiger partial charge in [0.25, 0.3) is 0 Å². The summed E-state index contributed by atoms with van der Waals surface area (Å²) in [7, 11) is 1.68. The van der Waals surface area contributed by atoms with E-state index in [9.17, 15) is 4.79 Å². The molecule has 1 rings (SSSR count). The fourth-order valence-electron chi connectivity index (χ4n) is 1.21. The van der Waals surface area contributed by atoms with Crippen molar-refractivity contribution < 1.29 is 14.6 Å². The van der Waals surface area contributed by atoms with Gasteiger partial charge >= 0.3 is 5.97 Å². The summed E-state index contributed by atoms with van der Waals surface area (Å²) in [6, 6.07) is 8.13. The Labute approximate surface area is 118 Å². The van der Waals surface area contributed by atoms with Gasteiger partial charge in [-0.15, -0.1) is 5.11 Å². The highest BCUT2D eigenvalue weighted by atomic mass is 16.5. The molecule has 7 heteroatoms. The van der Waals surface area contributed by atoms with Gasteiger partial charge in [0.15, 0.2) is 0 Å². The van der Waals surface area contributed by atoms with Gasteiger partial charge in [0.1, 0.15) is 11.6 Å². The largest absolute Gasteiger partial charge is 0.497 e. The van der Waals surface area contributed by atoms with E-state index in [1.165, 1.54) is 5.56 Å². The van der Waals surface area contributed by atoms with Crippen LogP contribution in [0.3, 0.4) is 0 Å². The van der Waals surface area contributed by atoms with Crippen molar-refractivity contribution in [2.24, 2.45) is 16.2 Å². The minimum absolute atomic E-state index is 0.0655. The van der Waals surface area contributed by atoms with Crippen LogP contribution in [0.1, 0.15) is 25.3 Å². The summed E-state index contributed by atoms with van der Waals surface area (Å²) in [5.74, 6) is 4.45. The monoisotopic (exact) mass is 280 g/mol. The quantitative estimate of drug-likeness (QED) is 0.252. The number of rotatable bonds is 5. The first-order chi connectivity index (χ1) is 9.53. The maximum Gasteiger partial charge on any atom is 0.303 e. The zero-order chi connectivity index (χ0) is 15.4. The molecule has 0 aromatic heterocycles. The molecule has 0 bridgehead atoms. The van der Waals surface area contributed by atoms with E-state index in [-0.39, 0.29) is 18.7 Å². The minimum atomic E-state index is -0.961. The van der Waals surface area contributed by atoms with Crippen molar-refractivity contribution >= 4 is 11.8 Å². The summed E-state index contributed by atoms with van der Waals surface area (Å²) in [6.07, 6.45) is 1.04. The highest BCUT2D eigenvalue weighted by Gasteiger charge is 1.99. The van der Waals surface area contributed by atoms with Crippen LogP contribution in [-0.4, -0.2) is 24.0 Å². The van der Waals surface area contributed by atoms with Crippen LogP contribution < -0.4 is 10.6 Å². The highest BCUT2D eigenvalue weighted by Crippen LogP contribution is 2.10. The fourth-order valence-corrected chi connectivity index (χ4v) is 1.21. The lowest BCUT2D eigenvalue weighted by atomic mass is 10.2. The number of nitrogens with zero attached hydrogens (tertiary/aromatic N) is 2. The SMILES string of the molecule is CCc1ccc(OC)cc1.N=C(CCC(=O)O)N=NN. The molecule has 4 N–H and O–H groups in total. The van der Waals surface area contributed by atoms with Crippen molar-refractivity contribution in [1.82, 2.24) is 0 Å². The molecule has 0 unspecified atom stereocenters. The Bertz CT molecular complexity index is 420. The molecule has 0 radical (unpaired) electrons. The molecular weight excluding hydrogens is 260 g/mol. The number of nitrogens with one attached hydrogen (secondary N) is 1. The molecule has 1 aromatic carbocycles. The second kappa shape index (κ2) is 10.5. The number of aryl methyl sites for hydroxylation is 1.